The van der Waals surface area contributed by atoms with Crippen molar-refractivity contribution < 1.29 is 13.6 Å². The van der Waals surface area contributed by atoms with E-state index in [1.165, 1.54) is 17.3 Å². The lowest BCUT2D eigenvalue weighted by Gasteiger charge is -2.08. The molecule has 2 aromatic heterocycles. The van der Waals surface area contributed by atoms with Crippen LogP contribution in [0.4, 0.5) is 0 Å². The van der Waals surface area contributed by atoms with Crippen LogP contribution in [0, 0.1) is 27.7 Å². The Labute approximate surface area is 144 Å². The summed E-state index contributed by atoms with van der Waals surface area (Å²) in [4.78, 5) is 12.5. The fraction of sp³-hybridized carbons (Fsp3) is 0.278. The zero-order valence-corrected chi connectivity index (χ0v) is 14.9. The van der Waals surface area contributed by atoms with Crippen molar-refractivity contribution in [2.45, 2.75) is 32.9 Å². The summed E-state index contributed by atoms with van der Waals surface area (Å²) < 4.78 is 10.8. The monoisotopic (exact) mass is 342 g/mol. The van der Waals surface area contributed by atoms with Gasteiger partial charge in [0.05, 0.1) is 17.6 Å². The van der Waals surface area contributed by atoms with Gasteiger partial charge in [0, 0.05) is 5.56 Å². The lowest BCUT2D eigenvalue weighted by molar-refractivity contribution is 0.102. The molecule has 0 radical (unpaired) electrons. The molecule has 3 aromatic rings. The zero-order chi connectivity index (χ0) is 17.3. The third-order valence-corrected chi connectivity index (χ3v) is 4.78. The van der Waals surface area contributed by atoms with Gasteiger partial charge in [-0.25, -0.2) is 0 Å². The molecule has 2 heterocycles. The molecule has 0 aliphatic heterocycles. The normalized spacial score (nSPS) is 11.0. The maximum atomic E-state index is 12.5. The molecule has 5 nitrogen and oxygen atoms in total. The molecular formula is C18H18N2O3S. The summed E-state index contributed by atoms with van der Waals surface area (Å²) >= 11 is 1.25. The number of hydrogen-bond acceptors (Lipinski definition) is 6. The van der Waals surface area contributed by atoms with Crippen molar-refractivity contribution in [3.63, 3.8) is 0 Å². The molecule has 0 saturated carbocycles. The number of Topliss-reactive ketones (excluding diaryl/α,β-unsaturated/α-hetero) is 1. The first-order valence-corrected chi connectivity index (χ1v) is 8.56. The Morgan fingerprint density at radius 3 is 2.54 bits per heavy atom. The van der Waals surface area contributed by atoms with Crippen LogP contribution in [-0.4, -0.2) is 21.7 Å². The minimum atomic E-state index is 0.0554. The zero-order valence-electron chi connectivity index (χ0n) is 14.0. The van der Waals surface area contributed by atoms with Gasteiger partial charge >= 0.3 is 0 Å². The van der Waals surface area contributed by atoms with E-state index in [-0.39, 0.29) is 11.5 Å². The van der Waals surface area contributed by atoms with Crippen molar-refractivity contribution in [3.8, 4) is 11.5 Å². The quantitative estimate of drug-likeness (QED) is 0.501. The van der Waals surface area contributed by atoms with Gasteiger partial charge in [0.1, 0.15) is 5.76 Å². The van der Waals surface area contributed by atoms with Crippen LogP contribution in [0.15, 0.2) is 38.5 Å². The molecule has 0 saturated heterocycles. The van der Waals surface area contributed by atoms with E-state index >= 15 is 0 Å². The van der Waals surface area contributed by atoms with Crippen LogP contribution in [0.5, 0.6) is 0 Å². The Balaban J connectivity index is 1.70. The number of rotatable bonds is 5. The van der Waals surface area contributed by atoms with Gasteiger partial charge < -0.3 is 8.83 Å². The Hall–Kier alpha value is -2.34. The predicted octanol–water partition coefficient (Wildman–Crippen LogP) is 4.54. The molecule has 0 spiro atoms. The SMILES string of the molecule is Cc1cc(C)c(C(=O)CSc2nnc(-c3ccoc3C)o2)cc1C. The van der Waals surface area contributed by atoms with E-state index in [0.717, 1.165) is 28.0 Å². The van der Waals surface area contributed by atoms with Crippen molar-refractivity contribution in [2.24, 2.45) is 0 Å². The van der Waals surface area contributed by atoms with Gasteiger partial charge in [0.2, 0.25) is 0 Å². The van der Waals surface area contributed by atoms with E-state index in [9.17, 15) is 4.79 Å². The largest absolute Gasteiger partial charge is 0.469 e. The summed E-state index contributed by atoms with van der Waals surface area (Å²) in [6, 6.07) is 5.77. The lowest BCUT2D eigenvalue weighted by atomic mass is 9.99. The number of aryl methyl sites for hydroxylation is 4. The van der Waals surface area contributed by atoms with Crippen LogP contribution in [-0.2, 0) is 0 Å². The molecule has 0 bridgehead atoms. The summed E-state index contributed by atoms with van der Waals surface area (Å²) in [7, 11) is 0. The van der Waals surface area contributed by atoms with E-state index in [2.05, 4.69) is 10.2 Å². The van der Waals surface area contributed by atoms with Crippen molar-refractivity contribution >= 4 is 17.5 Å². The number of thioether (sulfide) groups is 1. The highest BCUT2D eigenvalue weighted by Gasteiger charge is 2.16. The highest BCUT2D eigenvalue weighted by molar-refractivity contribution is 7.99. The van der Waals surface area contributed by atoms with Gasteiger partial charge in [-0.3, -0.25) is 4.79 Å². The number of carbonyl (C=O) groups is 1. The van der Waals surface area contributed by atoms with Crippen molar-refractivity contribution in [2.75, 3.05) is 5.75 Å². The Kier molecular flexibility index (Phi) is 4.57. The molecule has 0 N–H and O–H groups in total. The van der Waals surface area contributed by atoms with Crippen LogP contribution in [0.2, 0.25) is 0 Å². The first-order valence-electron chi connectivity index (χ1n) is 7.57. The maximum Gasteiger partial charge on any atom is 0.277 e. The van der Waals surface area contributed by atoms with Gasteiger partial charge in [-0.2, -0.15) is 0 Å². The number of ketones is 1. The summed E-state index contributed by atoms with van der Waals surface area (Å²) in [5.74, 6) is 1.44. The Morgan fingerprint density at radius 1 is 1.08 bits per heavy atom. The maximum absolute atomic E-state index is 12.5. The number of carbonyl (C=O) groups excluding carboxylic acids is 1. The van der Waals surface area contributed by atoms with Crippen molar-refractivity contribution in [1.29, 1.82) is 0 Å². The topological polar surface area (TPSA) is 69.1 Å². The summed E-state index contributed by atoms with van der Waals surface area (Å²) in [5.41, 5.74) is 4.81. The minimum Gasteiger partial charge on any atom is -0.469 e. The number of furan rings is 1. The second-order valence-corrected chi connectivity index (χ2v) is 6.65. The highest BCUT2D eigenvalue weighted by atomic mass is 32.2. The van der Waals surface area contributed by atoms with Gasteiger partial charge in [-0.15, -0.1) is 10.2 Å². The van der Waals surface area contributed by atoms with Gasteiger partial charge in [0.15, 0.2) is 5.78 Å². The molecule has 24 heavy (non-hydrogen) atoms. The van der Waals surface area contributed by atoms with Crippen molar-refractivity contribution in [1.82, 2.24) is 10.2 Å². The fourth-order valence-corrected chi connectivity index (χ4v) is 3.10. The molecule has 0 amide bonds. The molecular weight excluding hydrogens is 324 g/mol. The third kappa shape index (κ3) is 3.28. The van der Waals surface area contributed by atoms with Crippen LogP contribution < -0.4 is 0 Å². The second kappa shape index (κ2) is 6.65. The molecule has 6 heteroatoms. The molecule has 0 atom stereocenters. The molecule has 124 valence electrons. The van der Waals surface area contributed by atoms with E-state index < -0.39 is 0 Å². The number of hydrogen-bond donors (Lipinski definition) is 0. The first kappa shape index (κ1) is 16.5. The van der Waals surface area contributed by atoms with Crippen LogP contribution >= 0.6 is 11.8 Å². The summed E-state index contributed by atoms with van der Waals surface area (Å²) in [6.45, 7) is 7.84. The van der Waals surface area contributed by atoms with E-state index in [0.29, 0.717) is 11.1 Å². The highest BCUT2D eigenvalue weighted by Crippen LogP contribution is 2.27. The molecule has 0 fully saturated rings. The van der Waals surface area contributed by atoms with Crippen molar-refractivity contribution in [3.05, 3.63) is 52.5 Å². The molecule has 0 aliphatic carbocycles. The average molecular weight is 342 g/mol. The summed E-state index contributed by atoms with van der Waals surface area (Å²) in [6.07, 6.45) is 1.58. The predicted molar refractivity (Wildman–Crippen MR) is 92.4 cm³/mol. The number of nitrogens with zero attached hydrogens (tertiary/aromatic N) is 2. The fourth-order valence-electron chi connectivity index (χ4n) is 2.45. The average Bonchev–Trinajstić information content (AvgIpc) is 3.17. The molecule has 0 aliphatic rings. The molecule has 1 aromatic carbocycles. The van der Waals surface area contributed by atoms with E-state index in [4.69, 9.17) is 8.83 Å². The number of benzene rings is 1. The standard InChI is InChI=1S/C18H18N2O3S/c1-10-7-12(3)15(8-11(10)2)16(21)9-24-18-20-19-17(23-18)14-5-6-22-13(14)4/h5-8H,9H2,1-4H3. The van der Waals surface area contributed by atoms with Crippen LogP contribution in [0.1, 0.15) is 32.8 Å². The van der Waals surface area contributed by atoms with Gasteiger partial charge in [-0.1, -0.05) is 17.8 Å². The van der Waals surface area contributed by atoms with Gasteiger partial charge in [0.25, 0.3) is 11.1 Å². The van der Waals surface area contributed by atoms with Crippen LogP contribution in [0.25, 0.3) is 11.5 Å². The van der Waals surface area contributed by atoms with E-state index in [1.54, 1.807) is 12.3 Å². The first-order chi connectivity index (χ1) is 11.5. The third-order valence-electron chi connectivity index (χ3n) is 3.96. The lowest BCUT2D eigenvalue weighted by Crippen LogP contribution is -2.06. The van der Waals surface area contributed by atoms with Crippen LogP contribution in [0.3, 0.4) is 0 Å². The van der Waals surface area contributed by atoms with Gasteiger partial charge in [-0.05, 0) is 56.5 Å². The molecule has 3 rings (SSSR count). The summed E-state index contributed by atoms with van der Waals surface area (Å²) in [5, 5.41) is 8.37. The Bertz CT molecular complexity index is 896. The smallest absolute Gasteiger partial charge is 0.277 e. The molecule has 0 unspecified atom stereocenters. The number of aromatic nitrogens is 2. The Morgan fingerprint density at radius 2 is 1.83 bits per heavy atom. The second-order valence-electron chi connectivity index (χ2n) is 5.73. The minimum absolute atomic E-state index is 0.0554. The van der Waals surface area contributed by atoms with E-state index in [1.807, 2.05) is 39.8 Å².